The summed E-state index contributed by atoms with van der Waals surface area (Å²) in [5.74, 6) is -0.0949. The van der Waals surface area contributed by atoms with Crippen molar-refractivity contribution in [1.82, 2.24) is 10.2 Å². The van der Waals surface area contributed by atoms with Crippen molar-refractivity contribution in [1.29, 1.82) is 0 Å². The number of hydrogen-bond donors (Lipinski definition) is 2. The smallest absolute Gasteiger partial charge is 0.325 e. The Bertz CT molecular complexity index is 666. The van der Waals surface area contributed by atoms with Gasteiger partial charge >= 0.3 is 6.03 Å². The van der Waals surface area contributed by atoms with Crippen molar-refractivity contribution in [3.8, 4) is 0 Å². The number of nitrogens with zero attached hydrogens (tertiary/aromatic N) is 1. The van der Waals surface area contributed by atoms with E-state index in [9.17, 15) is 14.4 Å². The topological polar surface area (TPSA) is 78.5 Å². The summed E-state index contributed by atoms with van der Waals surface area (Å²) >= 11 is 3.32. The molecule has 6 nitrogen and oxygen atoms in total. The third-order valence-corrected chi connectivity index (χ3v) is 5.33. The van der Waals surface area contributed by atoms with Crippen LogP contribution in [0.15, 0.2) is 28.7 Å². The van der Waals surface area contributed by atoms with Crippen LogP contribution in [-0.2, 0) is 9.59 Å². The Kier molecular flexibility index (Phi) is 4.62. The zero-order valence-electron chi connectivity index (χ0n) is 13.5. The summed E-state index contributed by atoms with van der Waals surface area (Å²) < 4.78 is 0.906. The summed E-state index contributed by atoms with van der Waals surface area (Å²) in [7, 11) is 0. The average molecular weight is 394 g/mol. The second-order valence-electron chi connectivity index (χ2n) is 6.64. The van der Waals surface area contributed by atoms with Gasteiger partial charge in [0.2, 0.25) is 5.91 Å². The molecule has 0 bridgehead atoms. The molecule has 0 atom stereocenters. The first-order chi connectivity index (χ1) is 11.4. The van der Waals surface area contributed by atoms with E-state index in [0.29, 0.717) is 24.4 Å². The van der Waals surface area contributed by atoms with Gasteiger partial charge in [-0.2, -0.15) is 0 Å². The number of halogens is 1. The first kappa shape index (κ1) is 17.0. The van der Waals surface area contributed by atoms with Gasteiger partial charge in [0, 0.05) is 10.2 Å². The Morgan fingerprint density at radius 1 is 1.29 bits per heavy atom. The van der Waals surface area contributed by atoms with E-state index in [1.54, 1.807) is 12.1 Å². The molecular formula is C17H20BrN3O3. The van der Waals surface area contributed by atoms with Crippen molar-refractivity contribution in [3.05, 3.63) is 28.7 Å². The van der Waals surface area contributed by atoms with Gasteiger partial charge in [0.05, 0.1) is 0 Å². The minimum atomic E-state index is -0.804. The van der Waals surface area contributed by atoms with Crippen LogP contribution in [-0.4, -0.2) is 34.8 Å². The van der Waals surface area contributed by atoms with Gasteiger partial charge in [-0.25, -0.2) is 4.79 Å². The van der Waals surface area contributed by atoms with Crippen LogP contribution in [0.3, 0.4) is 0 Å². The van der Waals surface area contributed by atoms with E-state index in [2.05, 4.69) is 33.5 Å². The van der Waals surface area contributed by atoms with Gasteiger partial charge < -0.3 is 10.6 Å². The Morgan fingerprint density at radius 3 is 2.54 bits per heavy atom. The predicted octanol–water partition coefficient (Wildman–Crippen LogP) is 2.89. The predicted molar refractivity (Wildman–Crippen MR) is 93.4 cm³/mol. The zero-order valence-corrected chi connectivity index (χ0v) is 15.1. The molecule has 2 fully saturated rings. The van der Waals surface area contributed by atoms with E-state index in [1.165, 1.54) is 0 Å². The molecule has 1 aromatic carbocycles. The molecule has 2 aliphatic rings. The van der Waals surface area contributed by atoms with Crippen LogP contribution >= 0.6 is 15.9 Å². The molecule has 4 amide bonds. The maximum atomic E-state index is 12.7. The first-order valence-electron chi connectivity index (χ1n) is 8.09. The summed E-state index contributed by atoms with van der Waals surface area (Å²) in [5.41, 5.74) is -0.182. The molecule has 3 rings (SSSR count). The molecule has 1 heterocycles. The maximum absolute atomic E-state index is 12.7. The van der Waals surface area contributed by atoms with Crippen LogP contribution in [0.1, 0.15) is 32.6 Å². The van der Waals surface area contributed by atoms with E-state index in [1.807, 2.05) is 12.1 Å². The monoisotopic (exact) mass is 393 g/mol. The molecule has 1 saturated heterocycles. The number of amides is 4. The lowest BCUT2D eigenvalue weighted by Gasteiger charge is -2.33. The third kappa shape index (κ3) is 3.31. The quantitative estimate of drug-likeness (QED) is 0.774. The lowest BCUT2D eigenvalue weighted by Crippen LogP contribution is -2.49. The largest absolute Gasteiger partial charge is 0.325 e. The van der Waals surface area contributed by atoms with Crippen molar-refractivity contribution in [2.75, 3.05) is 11.9 Å². The third-order valence-electron chi connectivity index (χ3n) is 4.80. The number of urea groups is 1. The highest BCUT2D eigenvalue weighted by Crippen LogP contribution is 2.36. The summed E-state index contributed by atoms with van der Waals surface area (Å²) in [6.07, 6.45) is 3.10. The molecule has 1 aromatic rings. The highest BCUT2D eigenvalue weighted by Gasteiger charge is 2.52. The fourth-order valence-corrected chi connectivity index (χ4v) is 3.56. The van der Waals surface area contributed by atoms with E-state index in [4.69, 9.17) is 0 Å². The average Bonchev–Trinajstić information content (AvgIpc) is 2.77. The van der Waals surface area contributed by atoms with E-state index in [-0.39, 0.29) is 18.4 Å². The Labute approximate surface area is 149 Å². The van der Waals surface area contributed by atoms with Crippen LogP contribution in [0.4, 0.5) is 10.5 Å². The van der Waals surface area contributed by atoms with E-state index >= 15 is 0 Å². The summed E-state index contributed by atoms with van der Waals surface area (Å²) in [5, 5.41) is 5.52. The van der Waals surface area contributed by atoms with Crippen LogP contribution in [0.25, 0.3) is 0 Å². The number of carbonyl (C=O) groups excluding carboxylic acids is 3. The van der Waals surface area contributed by atoms with Crippen molar-refractivity contribution < 1.29 is 14.4 Å². The fraction of sp³-hybridized carbons (Fsp3) is 0.471. The number of benzene rings is 1. The molecule has 0 unspecified atom stereocenters. The van der Waals surface area contributed by atoms with Crippen molar-refractivity contribution in [2.24, 2.45) is 5.92 Å². The van der Waals surface area contributed by atoms with E-state index < -0.39 is 11.6 Å². The second kappa shape index (κ2) is 6.55. The minimum Gasteiger partial charge on any atom is -0.325 e. The summed E-state index contributed by atoms with van der Waals surface area (Å²) in [6, 6.07) is 6.64. The van der Waals surface area contributed by atoms with Crippen LogP contribution in [0.2, 0.25) is 0 Å². The number of rotatable bonds is 3. The highest BCUT2D eigenvalue weighted by atomic mass is 79.9. The molecule has 128 valence electrons. The molecule has 2 N–H and O–H groups in total. The lowest BCUT2D eigenvalue weighted by molar-refractivity contribution is -0.135. The number of nitrogens with one attached hydrogen (secondary N) is 2. The zero-order chi connectivity index (χ0) is 17.3. The number of anilines is 1. The van der Waals surface area contributed by atoms with Gasteiger partial charge in [-0.1, -0.05) is 22.9 Å². The van der Waals surface area contributed by atoms with Gasteiger partial charge in [0.1, 0.15) is 12.1 Å². The molecule has 1 spiro atoms. The Morgan fingerprint density at radius 2 is 1.92 bits per heavy atom. The van der Waals surface area contributed by atoms with Gasteiger partial charge in [-0.3, -0.25) is 14.5 Å². The highest BCUT2D eigenvalue weighted by molar-refractivity contribution is 9.10. The van der Waals surface area contributed by atoms with Gasteiger partial charge in [-0.15, -0.1) is 0 Å². The molecule has 1 saturated carbocycles. The van der Waals surface area contributed by atoms with Crippen LogP contribution < -0.4 is 10.6 Å². The first-order valence-corrected chi connectivity index (χ1v) is 8.88. The molecule has 24 heavy (non-hydrogen) atoms. The van der Waals surface area contributed by atoms with Gasteiger partial charge in [0.15, 0.2) is 0 Å². The lowest BCUT2D eigenvalue weighted by atomic mass is 9.77. The molecule has 0 aromatic heterocycles. The van der Waals surface area contributed by atoms with Gasteiger partial charge in [0.25, 0.3) is 5.91 Å². The Balaban J connectivity index is 1.64. The fourth-order valence-electron chi connectivity index (χ4n) is 3.29. The van der Waals surface area contributed by atoms with Crippen LogP contribution in [0, 0.1) is 5.92 Å². The molecule has 0 radical (unpaired) electrons. The normalized spacial score (nSPS) is 26.6. The van der Waals surface area contributed by atoms with E-state index in [0.717, 1.165) is 22.2 Å². The number of carbonyl (C=O) groups is 3. The van der Waals surface area contributed by atoms with Crippen molar-refractivity contribution in [2.45, 2.75) is 38.1 Å². The summed E-state index contributed by atoms with van der Waals surface area (Å²) in [4.78, 5) is 38.1. The molecular weight excluding hydrogens is 374 g/mol. The molecule has 1 aliphatic carbocycles. The minimum absolute atomic E-state index is 0.266. The van der Waals surface area contributed by atoms with Crippen molar-refractivity contribution in [3.63, 3.8) is 0 Å². The maximum Gasteiger partial charge on any atom is 0.325 e. The Hall–Kier alpha value is -1.89. The SMILES string of the molecule is CC1CCC2(CC1)NC(=O)N(CC(=O)Nc1ccc(Br)cc1)C2=O. The standard InChI is InChI=1S/C17H20BrN3O3/c1-11-6-8-17(9-7-11)15(23)21(16(24)20-17)10-14(22)19-13-4-2-12(18)3-5-13/h2-5,11H,6-10H2,1H3,(H,19,22)(H,20,24). The molecule has 1 aliphatic heterocycles. The molecule has 7 heteroatoms. The second-order valence-corrected chi connectivity index (χ2v) is 7.56. The number of hydrogen-bond acceptors (Lipinski definition) is 3. The number of imide groups is 1. The van der Waals surface area contributed by atoms with Crippen LogP contribution in [0.5, 0.6) is 0 Å². The summed E-state index contributed by atoms with van der Waals surface area (Å²) in [6.45, 7) is 1.88. The van der Waals surface area contributed by atoms with Gasteiger partial charge in [-0.05, 0) is 55.9 Å². The van der Waals surface area contributed by atoms with Crippen molar-refractivity contribution >= 4 is 39.5 Å².